The van der Waals surface area contributed by atoms with Gasteiger partial charge in [0.1, 0.15) is 5.75 Å². The number of hydrogen-bond donors (Lipinski definition) is 1. The number of amides is 2. The molecule has 6 atom stereocenters. The number of piperidine rings is 1. The van der Waals surface area contributed by atoms with E-state index in [0.29, 0.717) is 36.6 Å². The van der Waals surface area contributed by atoms with Crippen molar-refractivity contribution in [1.29, 1.82) is 0 Å². The molecule has 2 aromatic rings. The molecule has 1 unspecified atom stereocenters. The van der Waals surface area contributed by atoms with E-state index in [0.717, 1.165) is 40.0 Å². The number of sulfonamides is 1. The molecule has 10 nitrogen and oxygen atoms in total. The highest BCUT2D eigenvalue weighted by molar-refractivity contribution is 14.1. The second-order valence-electron chi connectivity index (χ2n) is 12.4. The molecule has 0 spiro atoms. The van der Waals surface area contributed by atoms with E-state index in [1.165, 1.54) is 30.1 Å². The van der Waals surface area contributed by atoms with Gasteiger partial charge >= 0.3 is 11.2 Å². The normalized spacial score (nSPS) is 24.8. The third kappa shape index (κ3) is 6.64. The summed E-state index contributed by atoms with van der Waals surface area (Å²) in [6.45, 7) is 0.113. The van der Waals surface area contributed by atoms with Crippen molar-refractivity contribution in [2.24, 2.45) is 17.8 Å². The summed E-state index contributed by atoms with van der Waals surface area (Å²) in [5, 5.41) is -0.186. The van der Waals surface area contributed by atoms with Crippen molar-refractivity contribution < 1.29 is 39.4 Å². The largest absolute Gasteiger partial charge is 0.496 e. The number of nitrogens with one attached hydrogen (secondary N) is 1. The molecule has 5 rings (SSSR count). The van der Waals surface area contributed by atoms with Gasteiger partial charge in [0.15, 0.2) is 23.0 Å². The van der Waals surface area contributed by atoms with Crippen LogP contribution in [0.1, 0.15) is 59.7 Å². The van der Waals surface area contributed by atoms with E-state index < -0.39 is 39.2 Å². The molecule has 15 heteroatoms. The number of ether oxygens (including phenoxy) is 1. The smallest absolute Gasteiger partial charge is 0.356 e. The number of halogens is 3. The van der Waals surface area contributed by atoms with Gasteiger partial charge in [0.05, 0.1) is 24.2 Å². The quantitative estimate of drug-likeness (QED) is 0.296. The van der Waals surface area contributed by atoms with Crippen LogP contribution in [0.4, 0.5) is 8.78 Å². The minimum absolute atomic E-state index is 0.0277. The molecular formula is C31H37F2IN3O7PS. The molecular weight excluding hydrogens is 754 g/mol. The van der Waals surface area contributed by atoms with Crippen LogP contribution in [0, 0.1) is 17.8 Å². The van der Waals surface area contributed by atoms with Gasteiger partial charge < -0.3 is 18.0 Å². The van der Waals surface area contributed by atoms with E-state index >= 15 is 0 Å². The zero-order chi connectivity index (χ0) is 33.6. The Kier molecular flexibility index (Phi) is 10.3. The average Bonchev–Trinajstić information content (AvgIpc) is 3.65. The van der Waals surface area contributed by atoms with Crippen molar-refractivity contribution in [2.75, 3.05) is 27.2 Å². The zero-order valence-corrected chi connectivity index (χ0v) is 29.8. The fraction of sp³-hybridized carbons (Fsp3) is 0.516. The molecule has 0 radical (unpaired) electrons. The number of carbonyl (C=O) groups is 3. The standard InChI is InChI=1S/C31H37F2IN3O7PS/c1-31(32,33)46(41,42)37-12-4-5-21(16-37)35-28(38)26-19-10-11-20(13-19)27(26)36(2)29(39)23-14-22(25(45)15-24(23)43-3)17-6-8-18(9-7-17)30(40)44-34/h6-9,14-15,19-21,26-27H,4-5,10-13,16,45H2,1-3H3,(H,35,38)/t19-,20+,21+,26+,27-/m1/s1. The van der Waals surface area contributed by atoms with Crippen molar-refractivity contribution in [3.05, 3.63) is 47.5 Å². The van der Waals surface area contributed by atoms with Crippen LogP contribution >= 0.6 is 32.2 Å². The first-order valence-corrected chi connectivity index (χ1v) is 17.9. The molecule has 2 saturated carbocycles. The lowest BCUT2D eigenvalue weighted by molar-refractivity contribution is -0.129. The van der Waals surface area contributed by atoms with Gasteiger partial charge in [-0.1, -0.05) is 12.1 Å². The highest BCUT2D eigenvalue weighted by Crippen LogP contribution is 2.51. The summed E-state index contributed by atoms with van der Waals surface area (Å²) in [4.78, 5) is 41.5. The van der Waals surface area contributed by atoms with Gasteiger partial charge in [0.2, 0.25) is 5.91 Å². The Bertz CT molecular complexity index is 1620. The monoisotopic (exact) mass is 791 g/mol. The summed E-state index contributed by atoms with van der Waals surface area (Å²) < 4.78 is 63.6. The highest BCUT2D eigenvalue weighted by Gasteiger charge is 2.54. The fourth-order valence-corrected chi connectivity index (χ4v) is 9.18. The minimum Gasteiger partial charge on any atom is -0.496 e. The maximum atomic E-state index is 14.2. The predicted molar refractivity (Wildman–Crippen MR) is 180 cm³/mol. The fourth-order valence-electron chi connectivity index (χ4n) is 7.33. The molecule has 1 saturated heterocycles. The lowest BCUT2D eigenvalue weighted by Crippen LogP contribution is -2.56. The van der Waals surface area contributed by atoms with Gasteiger partial charge in [-0.05, 0) is 84.6 Å². The highest BCUT2D eigenvalue weighted by atomic mass is 127. The number of rotatable bonds is 9. The Hall–Kier alpha value is -2.42. The van der Waals surface area contributed by atoms with E-state index in [1.807, 2.05) is 0 Å². The van der Waals surface area contributed by atoms with Crippen molar-refractivity contribution in [1.82, 2.24) is 14.5 Å². The van der Waals surface area contributed by atoms with Crippen molar-refractivity contribution in [3.8, 4) is 16.9 Å². The first kappa shape index (κ1) is 34.9. The van der Waals surface area contributed by atoms with E-state index in [1.54, 1.807) is 48.3 Å². The Morgan fingerprint density at radius 1 is 1.11 bits per heavy atom. The molecule has 46 heavy (non-hydrogen) atoms. The molecule has 0 aromatic heterocycles. The summed E-state index contributed by atoms with van der Waals surface area (Å²) in [5.74, 6) is -1.07. The summed E-state index contributed by atoms with van der Waals surface area (Å²) >= 11 is 1.53. The van der Waals surface area contributed by atoms with Gasteiger partial charge in [0.25, 0.3) is 15.9 Å². The second-order valence-corrected chi connectivity index (χ2v) is 15.6. The number of alkyl halides is 2. The third-order valence-electron chi connectivity index (χ3n) is 9.57. The lowest BCUT2D eigenvalue weighted by atomic mass is 9.82. The average molecular weight is 792 g/mol. The van der Waals surface area contributed by atoms with Gasteiger partial charge in [-0.15, -0.1) is 9.24 Å². The van der Waals surface area contributed by atoms with E-state index in [9.17, 15) is 31.6 Å². The molecule has 1 N–H and O–H groups in total. The number of benzene rings is 2. The molecule has 1 aliphatic heterocycles. The van der Waals surface area contributed by atoms with Crippen LogP contribution in [0.15, 0.2) is 36.4 Å². The number of hydrogen-bond acceptors (Lipinski definition) is 7. The molecule has 250 valence electrons. The number of fused-ring (bicyclic) bond motifs is 2. The van der Waals surface area contributed by atoms with Crippen molar-refractivity contribution in [2.45, 2.75) is 56.4 Å². The minimum atomic E-state index is -4.84. The summed E-state index contributed by atoms with van der Waals surface area (Å²) in [6, 6.07) is 9.31. The maximum Gasteiger partial charge on any atom is 0.356 e. The number of nitrogens with zero attached hydrogens (tertiary/aromatic N) is 2. The zero-order valence-electron chi connectivity index (χ0n) is 25.7. The summed E-state index contributed by atoms with van der Waals surface area (Å²) in [7, 11) is 0.969. The van der Waals surface area contributed by atoms with Crippen LogP contribution in [0.5, 0.6) is 5.75 Å². The van der Waals surface area contributed by atoms with Crippen LogP contribution in [0.2, 0.25) is 0 Å². The number of methoxy groups -OCH3 is 1. The van der Waals surface area contributed by atoms with Crippen LogP contribution in [-0.2, 0) is 17.9 Å². The van der Waals surface area contributed by atoms with Crippen LogP contribution < -0.4 is 15.4 Å². The van der Waals surface area contributed by atoms with Crippen LogP contribution in [-0.4, -0.2) is 80.0 Å². The Morgan fingerprint density at radius 3 is 2.41 bits per heavy atom. The van der Waals surface area contributed by atoms with E-state index in [-0.39, 0.29) is 36.7 Å². The van der Waals surface area contributed by atoms with Crippen LogP contribution in [0.25, 0.3) is 11.1 Å². The number of carbonyl (C=O) groups excluding carboxylic acids is 3. The Balaban J connectivity index is 1.38. The SMILES string of the molecule is COc1cc(P)c(-c2ccc(C(=O)OI)cc2)cc1C(=O)N(C)[C@@H]1[C@H]2CC[C@H](C2)[C@@H]1C(=O)N[C@H]1CCCN(S(=O)(=O)C(C)(F)F)C1. The molecule has 3 aliphatic rings. The third-order valence-corrected chi connectivity index (χ3v) is 12.4. The molecule has 1 heterocycles. The van der Waals surface area contributed by atoms with Gasteiger partial charge in [-0.25, -0.2) is 13.2 Å². The lowest BCUT2D eigenvalue weighted by Gasteiger charge is -2.39. The molecule has 2 aliphatic carbocycles. The first-order chi connectivity index (χ1) is 21.7. The predicted octanol–water partition coefficient (Wildman–Crippen LogP) is 4.38. The van der Waals surface area contributed by atoms with E-state index in [4.69, 9.17) is 7.80 Å². The molecule has 2 bridgehead atoms. The molecule has 2 aromatic carbocycles. The second kappa shape index (κ2) is 13.6. The topological polar surface area (TPSA) is 122 Å². The van der Waals surface area contributed by atoms with Gasteiger partial charge in [-0.3, -0.25) is 9.59 Å². The van der Waals surface area contributed by atoms with Crippen LogP contribution in [0.3, 0.4) is 0 Å². The Morgan fingerprint density at radius 2 is 1.78 bits per heavy atom. The van der Waals surface area contributed by atoms with Gasteiger partial charge in [0, 0.05) is 39.1 Å². The first-order valence-electron chi connectivity index (χ1n) is 15.0. The summed E-state index contributed by atoms with van der Waals surface area (Å²) in [5.41, 5.74) is 2.22. The summed E-state index contributed by atoms with van der Waals surface area (Å²) in [6.07, 6.45) is 3.31. The Labute approximate surface area is 283 Å². The van der Waals surface area contributed by atoms with Crippen molar-refractivity contribution in [3.63, 3.8) is 0 Å². The molecule has 3 fully saturated rings. The maximum absolute atomic E-state index is 14.2. The van der Waals surface area contributed by atoms with Gasteiger partial charge in [-0.2, -0.15) is 13.1 Å². The van der Waals surface area contributed by atoms with E-state index in [2.05, 4.69) is 14.6 Å². The van der Waals surface area contributed by atoms with Crippen molar-refractivity contribution >= 4 is 65.4 Å². The molecule has 2 amide bonds.